The molecule has 1 nitrogen and oxygen atoms in total. The molecule has 1 aromatic heterocycles. The number of fused-ring (bicyclic) bond motifs is 2. The number of hydrogen-bond acceptors (Lipinski definition) is 2. The summed E-state index contributed by atoms with van der Waals surface area (Å²) >= 11 is 5.38. The second kappa shape index (κ2) is 7.90. The van der Waals surface area contributed by atoms with E-state index < -0.39 is 5.60 Å². The summed E-state index contributed by atoms with van der Waals surface area (Å²) < 4.78 is 2.23. The van der Waals surface area contributed by atoms with Gasteiger partial charge in [-0.05, 0) is 59.2 Å². The number of allylic oxidation sites excluding steroid dienone is 2. The summed E-state index contributed by atoms with van der Waals surface area (Å²) in [6, 6.07) is 23.0. The molecule has 1 atom stereocenters. The lowest BCUT2D eigenvalue weighted by Gasteiger charge is -2.30. The standard InChI is InChI=1S/C28H23BrOS/c1-3-9-24-19(4-2)21-15-14-18(29)16-26(21)28(24,30)25-12-7-5-10-20(25)23-17-31-27-13-8-6-11-22(23)27/h3,5-17,30H,4H2,1-2H3/b9-3-. The summed E-state index contributed by atoms with van der Waals surface area (Å²) in [6.45, 7) is 4.17. The van der Waals surface area contributed by atoms with Crippen LogP contribution in [0.1, 0.15) is 37.0 Å². The third-order valence-electron chi connectivity index (χ3n) is 6.19. The summed E-state index contributed by atoms with van der Waals surface area (Å²) in [6.07, 6.45) is 4.97. The number of halogens is 1. The third kappa shape index (κ3) is 3.07. The average Bonchev–Trinajstić information content (AvgIpc) is 3.32. The van der Waals surface area contributed by atoms with Crippen LogP contribution in [0.4, 0.5) is 0 Å². The van der Waals surface area contributed by atoms with Crippen LogP contribution in [0.2, 0.25) is 0 Å². The van der Waals surface area contributed by atoms with Gasteiger partial charge in [-0.25, -0.2) is 0 Å². The van der Waals surface area contributed by atoms with Crippen molar-refractivity contribution in [1.29, 1.82) is 0 Å². The monoisotopic (exact) mass is 486 g/mol. The molecule has 3 aromatic carbocycles. The van der Waals surface area contributed by atoms with Gasteiger partial charge in [0.25, 0.3) is 0 Å². The first-order chi connectivity index (χ1) is 15.1. The Bertz CT molecular complexity index is 1360. The van der Waals surface area contributed by atoms with Gasteiger partial charge in [-0.2, -0.15) is 0 Å². The quantitative estimate of drug-likeness (QED) is 0.307. The highest BCUT2D eigenvalue weighted by Crippen LogP contribution is 2.53. The molecule has 0 spiro atoms. The van der Waals surface area contributed by atoms with Gasteiger partial charge in [0.2, 0.25) is 0 Å². The first-order valence-corrected chi connectivity index (χ1v) is 12.2. The minimum atomic E-state index is -1.21. The molecule has 0 saturated heterocycles. The minimum Gasteiger partial charge on any atom is -0.376 e. The summed E-state index contributed by atoms with van der Waals surface area (Å²) in [7, 11) is 0. The maximum Gasteiger partial charge on any atom is 0.142 e. The molecule has 1 unspecified atom stereocenters. The predicted octanol–water partition coefficient (Wildman–Crippen LogP) is 8.32. The molecular weight excluding hydrogens is 464 g/mol. The van der Waals surface area contributed by atoms with Crippen LogP contribution in [-0.2, 0) is 5.60 Å². The van der Waals surface area contributed by atoms with Gasteiger partial charge in [-0.15, -0.1) is 11.3 Å². The van der Waals surface area contributed by atoms with Crippen molar-refractivity contribution in [1.82, 2.24) is 0 Å². The zero-order valence-corrected chi connectivity index (χ0v) is 19.9. The lowest BCUT2D eigenvalue weighted by molar-refractivity contribution is 0.129. The van der Waals surface area contributed by atoms with Gasteiger partial charge in [0.15, 0.2) is 0 Å². The van der Waals surface area contributed by atoms with E-state index in [4.69, 9.17) is 0 Å². The van der Waals surface area contributed by atoms with E-state index in [0.717, 1.165) is 38.7 Å². The fourth-order valence-corrected chi connectivity index (χ4v) is 6.19. The van der Waals surface area contributed by atoms with E-state index >= 15 is 0 Å². The van der Waals surface area contributed by atoms with Crippen LogP contribution in [0.15, 0.2) is 94.3 Å². The second-order valence-corrected chi connectivity index (χ2v) is 9.66. The Morgan fingerprint density at radius 1 is 0.935 bits per heavy atom. The zero-order chi connectivity index (χ0) is 21.6. The normalized spacial score (nSPS) is 18.3. The van der Waals surface area contributed by atoms with Crippen LogP contribution in [0.5, 0.6) is 0 Å². The van der Waals surface area contributed by atoms with Crippen molar-refractivity contribution >= 4 is 42.9 Å². The Balaban J connectivity index is 1.85. The van der Waals surface area contributed by atoms with E-state index in [1.54, 1.807) is 11.3 Å². The number of benzene rings is 3. The van der Waals surface area contributed by atoms with Crippen molar-refractivity contribution < 1.29 is 5.11 Å². The number of aliphatic hydroxyl groups is 1. The van der Waals surface area contributed by atoms with Gasteiger partial charge < -0.3 is 5.11 Å². The summed E-state index contributed by atoms with van der Waals surface area (Å²) in [5.74, 6) is 0. The molecule has 0 fully saturated rings. The topological polar surface area (TPSA) is 20.2 Å². The summed E-state index contributed by atoms with van der Waals surface area (Å²) in [5.41, 5.74) is 6.21. The molecule has 5 rings (SSSR count). The van der Waals surface area contributed by atoms with Gasteiger partial charge in [-0.3, -0.25) is 0 Å². The molecule has 0 bridgehead atoms. The molecule has 0 saturated carbocycles. The lowest BCUT2D eigenvalue weighted by atomic mass is 9.79. The predicted molar refractivity (Wildman–Crippen MR) is 136 cm³/mol. The molecule has 154 valence electrons. The molecule has 1 aliphatic carbocycles. The van der Waals surface area contributed by atoms with Crippen LogP contribution in [0, 0.1) is 0 Å². The Kier molecular flexibility index (Phi) is 5.21. The van der Waals surface area contributed by atoms with Crippen LogP contribution < -0.4 is 0 Å². The number of rotatable bonds is 4. The van der Waals surface area contributed by atoms with Gasteiger partial charge in [0.1, 0.15) is 5.60 Å². The highest BCUT2D eigenvalue weighted by molar-refractivity contribution is 9.10. The molecule has 0 aliphatic heterocycles. The first kappa shape index (κ1) is 20.4. The fourth-order valence-electron chi connectivity index (χ4n) is 4.87. The third-order valence-corrected chi connectivity index (χ3v) is 7.64. The van der Waals surface area contributed by atoms with E-state index in [9.17, 15) is 5.11 Å². The Hall–Kier alpha value is -2.46. The SMILES string of the molecule is C/C=C\C1=C(CC)c2ccc(Br)cc2C1(O)c1ccccc1-c1csc2ccccc12. The van der Waals surface area contributed by atoms with Gasteiger partial charge >= 0.3 is 0 Å². The van der Waals surface area contributed by atoms with Crippen molar-refractivity contribution in [2.45, 2.75) is 25.9 Å². The van der Waals surface area contributed by atoms with E-state index in [1.165, 1.54) is 21.2 Å². The molecule has 1 N–H and O–H groups in total. The van der Waals surface area contributed by atoms with Crippen molar-refractivity contribution in [3.63, 3.8) is 0 Å². The fraction of sp³-hybridized carbons (Fsp3) is 0.143. The summed E-state index contributed by atoms with van der Waals surface area (Å²) in [4.78, 5) is 0. The van der Waals surface area contributed by atoms with E-state index in [0.29, 0.717) is 0 Å². The molecule has 1 heterocycles. The van der Waals surface area contributed by atoms with Crippen molar-refractivity contribution in [3.8, 4) is 11.1 Å². The zero-order valence-electron chi connectivity index (χ0n) is 17.5. The molecule has 0 amide bonds. The van der Waals surface area contributed by atoms with Gasteiger partial charge in [-0.1, -0.05) is 83.5 Å². The molecule has 4 aromatic rings. The van der Waals surface area contributed by atoms with Gasteiger partial charge in [0, 0.05) is 31.2 Å². The van der Waals surface area contributed by atoms with Crippen LogP contribution in [0.25, 0.3) is 26.8 Å². The Morgan fingerprint density at radius 3 is 2.52 bits per heavy atom. The van der Waals surface area contributed by atoms with Crippen molar-refractivity contribution in [2.24, 2.45) is 0 Å². The smallest absolute Gasteiger partial charge is 0.142 e. The number of hydrogen-bond donors (Lipinski definition) is 1. The molecular formula is C28H23BrOS. The molecule has 31 heavy (non-hydrogen) atoms. The molecule has 1 aliphatic rings. The van der Waals surface area contributed by atoms with Crippen LogP contribution >= 0.6 is 27.3 Å². The van der Waals surface area contributed by atoms with Crippen LogP contribution in [0.3, 0.4) is 0 Å². The molecule has 3 heteroatoms. The highest BCUT2D eigenvalue weighted by Gasteiger charge is 2.44. The second-order valence-electron chi connectivity index (χ2n) is 7.84. The van der Waals surface area contributed by atoms with Crippen molar-refractivity contribution in [3.05, 3.63) is 111 Å². The van der Waals surface area contributed by atoms with Gasteiger partial charge in [0.05, 0.1) is 0 Å². The van der Waals surface area contributed by atoms with E-state index in [1.807, 2.05) is 19.1 Å². The van der Waals surface area contributed by atoms with E-state index in [-0.39, 0.29) is 0 Å². The first-order valence-electron chi connectivity index (χ1n) is 10.5. The average molecular weight is 487 g/mol. The maximum absolute atomic E-state index is 12.6. The largest absolute Gasteiger partial charge is 0.376 e. The van der Waals surface area contributed by atoms with Crippen molar-refractivity contribution in [2.75, 3.05) is 0 Å². The Morgan fingerprint density at radius 2 is 1.71 bits per heavy atom. The maximum atomic E-state index is 12.6. The lowest BCUT2D eigenvalue weighted by Crippen LogP contribution is -2.28. The number of thiophene rings is 1. The highest BCUT2D eigenvalue weighted by atomic mass is 79.9. The van der Waals surface area contributed by atoms with E-state index in [2.05, 4.69) is 95.0 Å². The van der Waals surface area contributed by atoms with Crippen LogP contribution in [-0.4, -0.2) is 5.11 Å². The Labute approximate surface area is 195 Å². The summed E-state index contributed by atoms with van der Waals surface area (Å²) in [5, 5.41) is 16.0. The minimum absolute atomic E-state index is 0.861. The molecule has 0 radical (unpaired) electrons.